The fraction of sp³-hybridized carbons (Fsp3) is 0.0938. The summed E-state index contributed by atoms with van der Waals surface area (Å²) in [7, 11) is 1.34. The molecule has 41 heavy (non-hydrogen) atoms. The van der Waals surface area contributed by atoms with E-state index in [2.05, 4.69) is 10.3 Å². The van der Waals surface area contributed by atoms with Crippen LogP contribution in [-0.4, -0.2) is 44.4 Å². The third-order valence-electron chi connectivity index (χ3n) is 6.28. The first-order chi connectivity index (χ1) is 20.0. The Morgan fingerprint density at radius 2 is 1.63 bits per heavy atom. The van der Waals surface area contributed by atoms with Crippen LogP contribution in [0, 0.1) is 0 Å². The summed E-state index contributed by atoms with van der Waals surface area (Å²) in [4.78, 5) is 26.1. The van der Waals surface area contributed by atoms with Crippen LogP contribution < -0.4 is 0 Å². The number of nitrogens with zero attached hydrogens (tertiary/aromatic N) is 4. The lowest BCUT2D eigenvalue weighted by molar-refractivity contribution is -0.135. The number of ether oxygens (including phenoxy) is 1. The minimum absolute atomic E-state index is 0.267. The van der Waals surface area contributed by atoms with E-state index in [-0.39, 0.29) is 6.04 Å². The maximum absolute atomic E-state index is 11.7. The van der Waals surface area contributed by atoms with Crippen molar-refractivity contribution in [2.24, 2.45) is 0 Å². The van der Waals surface area contributed by atoms with Gasteiger partial charge >= 0.3 is 11.9 Å². The summed E-state index contributed by atoms with van der Waals surface area (Å²) in [5.74, 6) is -0.985. The van der Waals surface area contributed by atoms with E-state index in [1.54, 1.807) is 16.9 Å². The number of benzene rings is 3. The van der Waals surface area contributed by atoms with E-state index in [4.69, 9.17) is 14.9 Å². The summed E-state index contributed by atoms with van der Waals surface area (Å²) < 4.78 is 4.75. The summed E-state index contributed by atoms with van der Waals surface area (Å²) >= 11 is 1.51. The molecule has 0 saturated carbocycles. The highest BCUT2D eigenvalue weighted by Gasteiger charge is 2.22. The zero-order valence-corrected chi connectivity index (χ0v) is 22.9. The van der Waals surface area contributed by atoms with E-state index in [9.17, 15) is 9.59 Å². The SMILES string of the molecule is COC(=O)C=Cc1cc(-c2nnn(C(c3ccccc3)c3ccccc3)n2)c(Cc2cccc(C=CC(=O)O)c2)s1. The highest BCUT2D eigenvalue weighted by atomic mass is 32.1. The molecular formula is C32H26N4O4S. The van der Waals surface area contributed by atoms with E-state index in [1.165, 1.54) is 24.5 Å². The third kappa shape index (κ3) is 6.90. The molecule has 0 saturated heterocycles. The smallest absolute Gasteiger partial charge is 0.330 e. The number of aromatic nitrogens is 4. The van der Waals surface area contributed by atoms with E-state index in [0.717, 1.165) is 43.6 Å². The second-order valence-electron chi connectivity index (χ2n) is 9.09. The standard InChI is InChI=1S/C32H26N4O4S/c1-40-30(39)18-16-26-21-27(28(41-26)20-23-10-8-9-22(19-23)15-17-29(37)38)32-33-35-36(34-32)31(24-11-4-2-5-12-24)25-13-6-3-7-14-25/h2-19,21,31H,20H2,1H3,(H,37,38). The number of hydrogen-bond donors (Lipinski definition) is 1. The van der Waals surface area contributed by atoms with Crippen molar-refractivity contribution >= 4 is 35.4 Å². The van der Waals surface area contributed by atoms with Crippen molar-refractivity contribution in [3.8, 4) is 11.4 Å². The molecule has 3 aromatic carbocycles. The number of aliphatic carboxylic acids is 1. The number of carbonyl (C=O) groups is 2. The van der Waals surface area contributed by atoms with Crippen molar-refractivity contribution in [3.63, 3.8) is 0 Å². The van der Waals surface area contributed by atoms with Crippen molar-refractivity contribution in [3.05, 3.63) is 135 Å². The average molecular weight is 563 g/mol. The van der Waals surface area contributed by atoms with Gasteiger partial charge in [0.15, 0.2) is 0 Å². The molecule has 0 fully saturated rings. The average Bonchev–Trinajstić information content (AvgIpc) is 3.63. The first kappa shape index (κ1) is 27.4. The largest absolute Gasteiger partial charge is 0.478 e. The Labute approximate surface area is 240 Å². The zero-order valence-electron chi connectivity index (χ0n) is 22.1. The monoisotopic (exact) mass is 562 g/mol. The van der Waals surface area contributed by atoms with Crippen molar-refractivity contribution in [1.29, 1.82) is 0 Å². The van der Waals surface area contributed by atoms with Crippen molar-refractivity contribution in [1.82, 2.24) is 20.2 Å². The highest BCUT2D eigenvalue weighted by molar-refractivity contribution is 7.13. The fourth-order valence-corrected chi connectivity index (χ4v) is 5.50. The third-order valence-corrected chi connectivity index (χ3v) is 7.38. The lowest BCUT2D eigenvalue weighted by Crippen LogP contribution is -2.15. The Balaban J connectivity index is 1.54. The number of rotatable bonds is 10. The van der Waals surface area contributed by atoms with Gasteiger partial charge in [-0.05, 0) is 45.7 Å². The molecule has 2 aromatic heterocycles. The van der Waals surface area contributed by atoms with Gasteiger partial charge in [0.2, 0.25) is 5.82 Å². The Hall–Kier alpha value is -5.15. The summed E-state index contributed by atoms with van der Waals surface area (Å²) in [5.41, 5.74) is 4.63. The topological polar surface area (TPSA) is 107 Å². The van der Waals surface area contributed by atoms with Gasteiger partial charge in [-0.3, -0.25) is 0 Å². The fourth-order valence-electron chi connectivity index (χ4n) is 4.40. The number of carboxylic acids is 1. The number of hydrogen-bond acceptors (Lipinski definition) is 7. The van der Waals surface area contributed by atoms with Gasteiger partial charge in [0.1, 0.15) is 6.04 Å². The van der Waals surface area contributed by atoms with Gasteiger partial charge in [-0.2, -0.15) is 4.80 Å². The van der Waals surface area contributed by atoms with Crippen LogP contribution in [0.15, 0.2) is 103 Å². The number of methoxy groups -OCH3 is 1. The molecule has 0 spiro atoms. The molecule has 0 aliphatic rings. The minimum Gasteiger partial charge on any atom is -0.478 e. The van der Waals surface area contributed by atoms with Gasteiger partial charge in [0.25, 0.3) is 0 Å². The van der Waals surface area contributed by atoms with Crippen LogP contribution in [0.1, 0.15) is 38.0 Å². The molecular weight excluding hydrogens is 536 g/mol. The molecule has 0 bridgehead atoms. The molecule has 8 nitrogen and oxygen atoms in total. The van der Waals surface area contributed by atoms with Crippen LogP contribution in [0.5, 0.6) is 0 Å². The predicted molar refractivity (Wildman–Crippen MR) is 158 cm³/mol. The molecule has 1 N–H and O–H groups in total. The summed E-state index contributed by atoms with van der Waals surface area (Å²) in [6.07, 6.45) is 6.31. The number of thiophene rings is 1. The normalized spacial score (nSPS) is 11.5. The second-order valence-corrected chi connectivity index (χ2v) is 10.3. The first-order valence-electron chi connectivity index (χ1n) is 12.8. The minimum atomic E-state index is -1.00. The Kier molecular flexibility index (Phi) is 8.56. The first-order valence-corrected chi connectivity index (χ1v) is 13.6. The Morgan fingerprint density at radius 3 is 2.29 bits per heavy atom. The molecule has 204 valence electrons. The maximum Gasteiger partial charge on any atom is 0.330 e. The zero-order chi connectivity index (χ0) is 28.6. The molecule has 0 amide bonds. The Bertz CT molecular complexity index is 1670. The lowest BCUT2D eigenvalue weighted by Gasteiger charge is -2.16. The van der Waals surface area contributed by atoms with E-state index in [1.807, 2.05) is 91.0 Å². The van der Waals surface area contributed by atoms with Crippen LogP contribution in [0.4, 0.5) is 0 Å². The molecule has 0 aliphatic heterocycles. The molecule has 9 heteroatoms. The van der Waals surface area contributed by atoms with Gasteiger partial charge in [-0.1, -0.05) is 84.9 Å². The summed E-state index contributed by atoms with van der Waals surface area (Å²) in [6.45, 7) is 0. The van der Waals surface area contributed by atoms with Crippen molar-refractivity contribution in [2.75, 3.05) is 7.11 Å². The summed E-state index contributed by atoms with van der Waals surface area (Å²) in [6, 6.07) is 29.4. The van der Waals surface area contributed by atoms with Crippen LogP contribution in [0.25, 0.3) is 23.5 Å². The molecule has 0 aliphatic carbocycles. The highest BCUT2D eigenvalue weighted by Crippen LogP contribution is 2.33. The predicted octanol–water partition coefficient (Wildman–Crippen LogP) is 5.91. The van der Waals surface area contributed by atoms with Crippen molar-refractivity contribution < 1.29 is 19.4 Å². The molecule has 2 heterocycles. The molecule has 5 aromatic rings. The number of esters is 1. The molecule has 0 atom stereocenters. The van der Waals surface area contributed by atoms with Crippen LogP contribution in [-0.2, 0) is 20.7 Å². The van der Waals surface area contributed by atoms with Crippen LogP contribution in [0.2, 0.25) is 0 Å². The number of carbonyl (C=O) groups excluding carboxylic acids is 1. The Morgan fingerprint density at radius 1 is 0.927 bits per heavy atom. The van der Waals surface area contributed by atoms with Gasteiger partial charge < -0.3 is 9.84 Å². The van der Waals surface area contributed by atoms with Crippen LogP contribution in [0.3, 0.4) is 0 Å². The second kappa shape index (κ2) is 12.8. The number of tetrazole rings is 1. The van der Waals surface area contributed by atoms with E-state index < -0.39 is 11.9 Å². The van der Waals surface area contributed by atoms with Gasteiger partial charge in [-0.15, -0.1) is 21.5 Å². The van der Waals surface area contributed by atoms with Gasteiger partial charge in [0, 0.05) is 33.9 Å². The number of carboxylic acid groups (broad SMARTS) is 1. The van der Waals surface area contributed by atoms with Crippen LogP contribution >= 0.6 is 11.3 Å². The summed E-state index contributed by atoms with van der Waals surface area (Å²) in [5, 5.41) is 22.7. The van der Waals surface area contributed by atoms with E-state index in [0.29, 0.717) is 12.2 Å². The van der Waals surface area contributed by atoms with E-state index >= 15 is 0 Å². The quantitative estimate of drug-likeness (QED) is 0.166. The molecule has 0 radical (unpaired) electrons. The molecule has 0 unspecified atom stereocenters. The van der Waals surface area contributed by atoms with Crippen molar-refractivity contribution in [2.45, 2.75) is 12.5 Å². The van der Waals surface area contributed by atoms with Gasteiger partial charge in [0.05, 0.1) is 7.11 Å². The maximum atomic E-state index is 11.7. The van der Waals surface area contributed by atoms with Gasteiger partial charge in [-0.25, -0.2) is 9.59 Å². The lowest BCUT2D eigenvalue weighted by atomic mass is 9.99. The molecule has 5 rings (SSSR count).